The summed E-state index contributed by atoms with van der Waals surface area (Å²) in [5.41, 5.74) is 3.16. The van der Waals surface area contributed by atoms with Crippen LogP contribution >= 0.6 is 11.6 Å². The molecule has 0 radical (unpaired) electrons. The third-order valence-electron chi connectivity index (χ3n) is 4.30. The van der Waals surface area contributed by atoms with Crippen molar-refractivity contribution in [3.8, 4) is 0 Å². The number of aromatic nitrogens is 3. The number of benzene rings is 1. The van der Waals surface area contributed by atoms with E-state index in [0.717, 1.165) is 36.5 Å². The van der Waals surface area contributed by atoms with Crippen LogP contribution in [0.4, 0.5) is 0 Å². The van der Waals surface area contributed by atoms with E-state index in [1.54, 1.807) is 0 Å². The summed E-state index contributed by atoms with van der Waals surface area (Å²) < 4.78 is 2.21. The van der Waals surface area contributed by atoms with Gasteiger partial charge in [0.15, 0.2) is 5.65 Å². The maximum absolute atomic E-state index is 6.15. The first-order valence-electron chi connectivity index (χ1n) is 8.33. The normalized spacial score (nSPS) is 12.8. The standard InChI is InChI=1S/C19H23ClN4/c1-3-16(14-23(2)13-15-8-5-4-6-9-15)24-18(12-20)22-17-10-7-11-21-19(17)24/h4-11,16H,3,12-14H2,1-2H3. The van der Waals surface area contributed by atoms with E-state index >= 15 is 0 Å². The van der Waals surface area contributed by atoms with Crippen LogP contribution in [-0.4, -0.2) is 33.0 Å². The molecule has 3 rings (SSSR count). The van der Waals surface area contributed by atoms with E-state index in [1.807, 2.05) is 24.4 Å². The van der Waals surface area contributed by atoms with Crippen molar-refractivity contribution in [1.82, 2.24) is 19.4 Å². The Bertz CT molecular complexity index is 784. The minimum atomic E-state index is 0.298. The summed E-state index contributed by atoms with van der Waals surface area (Å²) in [6.07, 6.45) is 2.82. The van der Waals surface area contributed by atoms with Gasteiger partial charge in [0.25, 0.3) is 0 Å². The Morgan fingerprint density at radius 1 is 1.17 bits per heavy atom. The third kappa shape index (κ3) is 3.60. The maximum Gasteiger partial charge on any atom is 0.160 e. The molecule has 126 valence electrons. The van der Waals surface area contributed by atoms with Crippen molar-refractivity contribution in [2.24, 2.45) is 0 Å². The van der Waals surface area contributed by atoms with Gasteiger partial charge < -0.3 is 9.47 Å². The second-order valence-corrected chi connectivity index (χ2v) is 6.39. The van der Waals surface area contributed by atoms with E-state index in [9.17, 15) is 0 Å². The van der Waals surface area contributed by atoms with Crippen LogP contribution in [0.2, 0.25) is 0 Å². The van der Waals surface area contributed by atoms with Gasteiger partial charge in [-0.2, -0.15) is 0 Å². The molecule has 5 heteroatoms. The van der Waals surface area contributed by atoms with Gasteiger partial charge in [-0.15, -0.1) is 11.6 Å². The molecule has 1 aromatic carbocycles. The Morgan fingerprint density at radius 3 is 2.67 bits per heavy atom. The molecule has 2 aromatic heterocycles. The average molecular weight is 343 g/mol. The van der Waals surface area contributed by atoms with Gasteiger partial charge in [-0.3, -0.25) is 0 Å². The first-order valence-corrected chi connectivity index (χ1v) is 8.86. The molecule has 0 saturated heterocycles. The summed E-state index contributed by atoms with van der Waals surface area (Å²) in [7, 11) is 2.16. The van der Waals surface area contributed by atoms with Crippen molar-refractivity contribution >= 4 is 22.8 Å². The maximum atomic E-state index is 6.15. The highest BCUT2D eigenvalue weighted by atomic mass is 35.5. The van der Waals surface area contributed by atoms with Crippen molar-refractivity contribution < 1.29 is 0 Å². The molecule has 0 spiro atoms. The molecule has 4 nitrogen and oxygen atoms in total. The minimum absolute atomic E-state index is 0.298. The number of alkyl halides is 1. The van der Waals surface area contributed by atoms with E-state index in [4.69, 9.17) is 11.6 Å². The molecule has 0 aliphatic rings. The van der Waals surface area contributed by atoms with Crippen LogP contribution in [0.25, 0.3) is 11.2 Å². The first kappa shape index (κ1) is 16.9. The smallest absolute Gasteiger partial charge is 0.160 e. The summed E-state index contributed by atoms with van der Waals surface area (Å²) >= 11 is 6.15. The summed E-state index contributed by atoms with van der Waals surface area (Å²) in [6, 6.07) is 14.8. The number of hydrogen-bond acceptors (Lipinski definition) is 3. The average Bonchev–Trinajstić information content (AvgIpc) is 2.99. The molecule has 1 unspecified atom stereocenters. The molecular weight excluding hydrogens is 320 g/mol. The third-order valence-corrected chi connectivity index (χ3v) is 4.53. The second-order valence-electron chi connectivity index (χ2n) is 6.12. The molecule has 0 N–H and O–H groups in total. The van der Waals surface area contributed by atoms with Crippen LogP contribution < -0.4 is 0 Å². The van der Waals surface area contributed by atoms with E-state index in [1.165, 1.54) is 5.56 Å². The van der Waals surface area contributed by atoms with Crippen molar-refractivity contribution in [3.05, 3.63) is 60.0 Å². The molecule has 0 amide bonds. The molecule has 3 aromatic rings. The highest BCUT2D eigenvalue weighted by molar-refractivity contribution is 6.16. The number of likely N-dealkylation sites (N-methyl/N-ethyl adjacent to an activating group) is 1. The number of halogens is 1. The van der Waals surface area contributed by atoms with Gasteiger partial charge in [-0.1, -0.05) is 37.3 Å². The van der Waals surface area contributed by atoms with Gasteiger partial charge >= 0.3 is 0 Å². The molecule has 0 bridgehead atoms. The number of rotatable bonds is 7. The zero-order chi connectivity index (χ0) is 16.9. The van der Waals surface area contributed by atoms with Gasteiger partial charge in [0.05, 0.1) is 5.88 Å². The van der Waals surface area contributed by atoms with Crippen LogP contribution in [0, 0.1) is 0 Å². The SMILES string of the molecule is CCC(CN(C)Cc1ccccc1)n1c(CCl)nc2cccnc21. The van der Waals surface area contributed by atoms with Crippen molar-refractivity contribution in [3.63, 3.8) is 0 Å². The molecule has 0 fully saturated rings. The lowest BCUT2D eigenvalue weighted by molar-refractivity contribution is 0.264. The number of pyridine rings is 1. The summed E-state index contributed by atoms with van der Waals surface area (Å²) in [4.78, 5) is 11.5. The number of nitrogens with zero attached hydrogens (tertiary/aromatic N) is 4. The predicted octanol–water partition coefficient (Wildman–Crippen LogP) is 4.25. The highest BCUT2D eigenvalue weighted by Crippen LogP contribution is 2.24. The van der Waals surface area contributed by atoms with Gasteiger partial charge in [-0.25, -0.2) is 9.97 Å². The Balaban J connectivity index is 1.83. The molecule has 0 saturated carbocycles. The Labute approximate surface area is 148 Å². The largest absolute Gasteiger partial charge is 0.307 e. The van der Waals surface area contributed by atoms with Crippen LogP contribution in [0.3, 0.4) is 0 Å². The van der Waals surface area contributed by atoms with E-state index in [-0.39, 0.29) is 0 Å². The summed E-state index contributed by atoms with van der Waals surface area (Å²) in [5, 5.41) is 0. The van der Waals surface area contributed by atoms with Crippen LogP contribution in [0.5, 0.6) is 0 Å². The molecule has 24 heavy (non-hydrogen) atoms. The van der Waals surface area contributed by atoms with Crippen LogP contribution in [0.15, 0.2) is 48.7 Å². The summed E-state index contributed by atoms with van der Waals surface area (Å²) in [5.74, 6) is 1.29. The lowest BCUT2D eigenvalue weighted by atomic mass is 10.1. The summed E-state index contributed by atoms with van der Waals surface area (Å²) in [6.45, 7) is 4.05. The topological polar surface area (TPSA) is 34.0 Å². The fourth-order valence-corrected chi connectivity index (χ4v) is 3.36. The first-order chi connectivity index (χ1) is 11.7. The Hall–Kier alpha value is -1.91. The van der Waals surface area contributed by atoms with Crippen molar-refractivity contribution in [2.75, 3.05) is 13.6 Å². The highest BCUT2D eigenvalue weighted by Gasteiger charge is 2.19. The second kappa shape index (κ2) is 7.77. The van der Waals surface area contributed by atoms with Gasteiger partial charge in [0.2, 0.25) is 0 Å². The fraction of sp³-hybridized carbons (Fsp3) is 0.368. The van der Waals surface area contributed by atoms with E-state index in [2.05, 4.69) is 57.7 Å². The van der Waals surface area contributed by atoms with Crippen molar-refractivity contribution in [2.45, 2.75) is 31.8 Å². The molecule has 0 aliphatic heterocycles. The number of hydrogen-bond donors (Lipinski definition) is 0. The monoisotopic (exact) mass is 342 g/mol. The Kier molecular flexibility index (Phi) is 5.48. The minimum Gasteiger partial charge on any atom is -0.307 e. The Morgan fingerprint density at radius 2 is 1.96 bits per heavy atom. The lowest BCUT2D eigenvalue weighted by Crippen LogP contribution is -2.28. The number of imidazole rings is 1. The van der Waals surface area contributed by atoms with Gasteiger partial charge in [-0.05, 0) is 31.2 Å². The number of fused-ring (bicyclic) bond motifs is 1. The van der Waals surface area contributed by atoms with Crippen LogP contribution in [0.1, 0.15) is 30.8 Å². The van der Waals surface area contributed by atoms with E-state index < -0.39 is 0 Å². The zero-order valence-electron chi connectivity index (χ0n) is 14.2. The van der Waals surface area contributed by atoms with Crippen LogP contribution in [-0.2, 0) is 12.4 Å². The predicted molar refractivity (Wildman–Crippen MR) is 99.2 cm³/mol. The zero-order valence-corrected chi connectivity index (χ0v) is 14.9. The van der Waals surface area contributed by atoms with Crippen molar-refractivity contribution in [1.29, 1.82) is 0 Å². The molecule has 1 atom stereocenters. The quantitative estimate of drug-likeness (QED) is 0.602. The lowest BCUT2D eigenvalue weighted by Gasteiger charge is -2.25. The molecule has 2 heterocycles. The van der Waals surface area contributed by atoms with Gasteiger partial charge in [0.1, 0.15) is 11.3 Å². The van der Waals surface area contributed by atoms with E-state index in [0.29, 0.717) is 11.9 Å². The molecule has 0 aliphatic carbocycles. The molecular formula is C19H23ClN4. The van der Waals surface area contributed by atoms with Gasteiger partial charge in [0, 0.05) is 25.3 Å². The fourth-order valence-electron chi connectivity index (χ4n) is 3.17.